The topological polar surface area (TPSA) is 46.5 Å². The van der Waals surface area contributed by atoms with Crippen molar-refractivity contribution >= 4 is 17.6 Å². The van der Waals surface area contributed by atoms with Gasteiger partial charge in [-0.3, -0.25) is 0 Å². The Hall–Kier alpha value is -1.48. The smallest absolute Gasteiger partial charge is 0.328 e. The fourth-order valence-corrected chi connectivity index (χ4v) is 1.20. The van der Waals surface area contributed by atoms with Gasteiger partial charge in [0.1, 0.15) is 12.4 Å². The van der Waals surface area contributed by atoms with Crippen LogP contribution in [0.5, 0.6) is 5.75 Å². The molecule has 4 heteroatoms. The van der Waals surface area contributed by atoms with E-state index in [0.29, 0.717) is 16.3 Å². The van der Waals surface area contributed by atoms with E-state index >= 15 is 0 Å². The highest BCUT2D eigenvalue weighted by Gasteiger charge is 2.00. The first-order valence-corrected chi connectivity index (χ1v) is 4.75. The van der Waals surface area contributed by atoms with Crippen molar-refractivity contribution in [3.8, 4) is 5.75 Å². The number of benzene rings is 1. The molecule has 0 atom stereocenters. The number of halogens is 1. The normalized spacial score (nSPS) is 11.2. The summed E-state index contributed by atoms with van der Waals surface area (Å²) >= 11 is 5.85. The molecule has 1 aromatic carbocycles. The zero-order valence-corrected chi connectivity index (χ0v) is 8.99. The van der Waals surface area contributed by atoms with Crippen molar-refractivity contribution in [3.63, 3.8) is 0 Å². The van der Waals surface area contributed by atoms with Crippen LogP contribution in [0.2, 0.25) is 5.02 Å². The maximum atomic E-state index is 10.3. The quantitative estimate of drug-likeness (QED) is 0.803. The van der Waals surface area contributed by atoms with Gasteiger partial charge < -0.3 is 9.84 Å². The molecule has 3 nitrogen and oxygen atoms in total. The fraction of sp³-hybridized carbons (Fsp3) is 0.182. The fourth-order valence-electron chi connectivity index (χ4n) is 1.01. The number of hydrogen-bond donors (Lipinski definition) is 1. The standard InChI is InChI=1S/C11H11ClO3/c1-8(6-11(13)14)7-15-10-5-3-2-4-9(10)12/h2-6H,7H2,1H3,(H,13,14)/b8-6+. The van der Waals surface area contributed by atoms with Gasteiger partial charge in [0, 0.05) is 6.08 Å². The first kappa shape index (κ1) is 11.6. The number of carboxylic acid groups (broad SMARTS) is 1. The summed E-state index contributed by atoms with van der Waals surface area (Å²) in [7, 11) is 0. The van der Waals surface area contributed by atoms with Crippen LogP contribution in [-0.4, -0.2) is 17.7 Å². The molecular weight excluding hydrogens is 216 g/mol. The Morgan fingerprint density at radius 3 is 2.80 bits per heavy atom. The second-order valence-electron chi connectivity index (χ2n) is 3.05. The molecule has 0 aliphatic rings. The Labute approximate surface area is 92.9 Å². The van der Waals surface area contributed by atoms with Crippen LogP contribution >= 0.6 is 11.6 Å². The van der Waals surface area contributed by atoms with Crippen molar-refractivity contribution in [3.05, 3.63) is 40.9 Å². The zero-order valence-electron chi connectivity index (χ0n) is 8.24. The summed E-state index contributed by atoms with van der Waals surface area (Å²) in [5, 5.41) is 8.99. The summed E-state index contributed by atoms with van der Waals surface area (Å²) in [5.74, 6) is -0.424. The third kappa shape index (κ3) is 4.04. The molecule has 15 heavy (non-hydrogen) atoms. The summed E-state index contributed by atoms with van der Waals surface area (Å²) in [6.07, 6.45) is 1.11. The minimum absolute atomic E-state index is 0.218. The van der Waals surface area contributed by atoms with Crippen molar-refractivity contribution in [2.75, 3.05) is 6.61 Å². The van der Waals surface area contributed by atoms with Gasteiger partial charge in [-0.05, 0) is 24.6 Å². The van der Waals surface area contributed by atoms with E-state index in [2.05, 4.69) is 0 Å². The molecule has 0 fully saturated rings. The van der Waals surface area contributed by atoms with Crippen molar-refractivity contribution in [2.24, 2.45) is 0 Å². The van der Waals surface area contributed by atoms with Crippen LogP contribution in [0, 0.1) is 0 Å². The van der Waals surface area contributed by atoms with E-state index in [0.717, 1.165) is 6.08 Å². The van der Waals surface area contributed by atoms with Crippen LogP contribution in [-0.2, 0) is 4.79 Å². The molecule has 0 aliphatic heterocycles. The van der Waals surface area contributed by atoms with Gasteiger partial charge in [0.05, 0.1) is 5.02 Å². The number of para-hydroxylation sites is 1. The van der Waals surface area contributed by atoms with Gasteiger partial charge in [0.2, 0.25) is 0 Å². The monoisotopic (exact) mass is 226 g/mol. The molecule has 0 aliphatic carbocycles. The minimum Gasteiger partial charge on any atom is -0.488 e. The molecule has 0 spiro atoms. The lowest BCUT2D eigenvalue weighted by Gasteiger charge is -2.07. The molecule has 1 rings (SSSR count). The first-order valence-electron chi connectivity index (χ1n) is 4.37. The Morgan fingerprint density at radius 1 is 1.53 bits per heavy atom. The lowest BCUT2D eigenvalue weighted by molar-refractivity contribution is -0.131. The van der Waals surface area contributed by atoms with E-state index in [4.69, 9.17) is 21.4 Å². The van der Waals surface area contributed by atoms with Gasteiger partial charge in [-0.15, -0.1) is 0 Å². The molecule has 0 radical (unpaired) electrons. The summed E-state index contributed by atoms with van der Waals surface area (Å²) in [6.45, 7) is 1.90. The molecule has 0 saturated carbocycles. The average molecular weight is 227 g/mol. The zero-order chi connectivity index (χ0) is 11.3. The van der Waals surface area contributed by atoms with Crippen LogP contribution in [0.3, 0.4) is 0 Å². The summed E-state index contributed by atoms with van der Waals surface area (Å²) < 4.78 is 5.34. The van der Waals surface area contributed by atoms with E-state index in [1.807, 2.05) is 0 Å². The second kappa shape index (κ2) is 5.41. The Morgan fingerprint density at radius 2 is 2.20 bits per heavy atom. The summed E-state index contributed by atoms with van der Waals surface area (Å²) in [6, 6.07) is 7.05. The summed E-state index contributed by atoms with van der Waals surface area (Å²) in [5.41, 5.74) is 0.627. The molecular formula is C11H11ClO3. The van der Waals surface area contributed by atoms with Crippen molar-refractivity contribution in [1.82, 2.24) is 0 Å². The maximum absolute atomic E-state index is 10.3. The van der Waals surface area contributed by atoms with E-state index in [1.165, 1.54) is 0 Å². The molecule has 0 unspecified atom stereocenters. The third-order valence-corrected chi connectivity index (χ3v) is 1.97. The molecule has 0 bridgehead atoms. The largest absolute Gasteiger partial charge is 0.488 e. The van der Waals surface area contributed by atoms with Crippen LogP contribution in [0.1, 0.15) is 6.92 Å². The van der Waals surface area contributed by atoms with Crippen LogP contribution in [0.25, 0.3) is 0 Å². The van der Waals surface area contributed by atoms with Crippen molar-refractivity contribution in [1.29, 1.82) is 0 Å². The highest BCUT2D eigenvalue weighted by Crippen LogP contribution is 2.23. The molecule has 1 N–H and O–H groups in total. The highest BCUT2D eigenvalue weighted by molar-refractivity contribution is 6.32. The number of carboxylic acids is 1. The lowest BCUT2D eigenvalue weighted by atomic mass is 10.3. The molecule has 80 valence electrons. The van der Waals surface area contributed by atoms with Gasteiger partial charge in [-0.25, -0.2) is 4.79 Å². The number of carbonyl (C=O) groups is 1. The number of aliphatic carboxylic acids is 1. The average Bonchev–Trinajstić information content (AvgIpc) is 2.15. The van der Waals surface area contributed by atoms with Gasteiger partial charge in [-0.1, -0.05) is 23.7 Å². The third-order valence-electron chi connectivity index (χ3n) is 1.66. The maximum Gasteiger partial charge on any atom is 0.328 e. The predicted octanol–water partition coefficient (Wildman–Crippen LogP) is 2.75. The van der Waals surface area contributed by atoms with Gasteiger partial charge >= 0.3 is 5.97 Å². The Balaban J connectivity index is 2.58. The molecule has 0 saturated heterocycles. The number of hydrogen-bond acceptors (Lipinski definition) is 2. The molecule has 0 heterocycles. The first-order chi connectivity index (χ1) is 7.09. The number of rotatable bonds is 4. The number of ether oxygens (including phenoxy) is 1. The van der Waals surface area contributed by atoms with Crippen molar-refractivity contribution < 1.29 is 14.6 Å². The Kier molecular flexibility index (Phi) is 4.18. The van der Waals surface area contributed by atoms with E-state index < -0.39 is 5.97 Å². The molecule has 1 aromatic rings. The summed E-state index contributed by atoms with van der Waals surface area (Å²) in [4.78, 5) is 10.3. The second-order valence-corrected chi connectivity index (χ2v) is 3.46. The highest BCUT2D eigenvalue weighted by atomic mass is 35.5. The van der Waals surface area contributed by atoms with Crippen LogP contribution < -0.4 is 4.74 Å². The van der Waals surface area contributed by atoms with Crippen LogP contribution in [0.4, 0.5) is 0 Å². The van der Waals surface area contributed by atoms with Gasteiger partial charge in [0.25, 0.3) is 0 Å². The minimum atomic E-state index is -0.977. The van der Waals surface area contributed by atoms with Gasteiger partial charge in [-0.2, -0.15) is 0 Å². The van der Waals surface area contributed by atoms with E-state index in [1.54, 1.807) is 31.2 Å². The van der Waals surface area contributed by atoms with E-state index in [-0.39, 0.29) is 6.61 Å². The Bertz CT molecular complexity index is 385. The van der Waals surface area contributed by atoms with Gasteiger partial charge in [0.15, 0.2) is 0 Å². The van der Waals surface area contributed by atoms with E-state index in [9.17, 15) is 4.79 Å². The predicted molar refractivity (Wildman–Crippen MR) is 58.3 cm³/mol. The lowest BCUT2D eigenvalue weighted by Crippen LogP contribution is -2.01. The van der Waals surface area contributed by atoms with Crippen LogP contribution in [0.15, 0.2) is 35.9 Å². The molecule has 0 aromatic heterocycles. The van der Waals surface area contributed by atoms with Crippen molar-refractivity contribution in [2.45, 2.75) is 6.92 Å². The molecule has 0 amide bonds. The SMILES string of the molecule is C/C(=C\C(=O)O)COc1ccccc1Cl.